The topological polar surface area (TPSA) is 53.6 Å². The second-order valence-corrected chi connectivity index (χ2v) is 10.0. The Balaban J connectivity index is 1.71. The zero-order valence-electron chi connectivity index (χ0n) is 20.4. The minimum absolute atomic E-state index is 0.00506. The molecule has 4 nitrogen and oxygen atoms in total. The fraction of sp³-hybridized carbons (Fsp3) is 0.267. The summed E-state index contributed by atoms with van der Waals surface area (Å²) in [6, 6.07) is 30.9. The van der Waals surface area contributed by atoms with Crippen LogP contribution in [0.3, 0.4) is 0 Å². The summed E-state index contributed by atoms with van der Waals surface area (Å²) in [5.74, 6) is 0.143. The lowest BCUT2D eigenvalue weighted by Crippen LogP contribution is -2.47. The summed E-state index contributed by atoms with van der Waals surface area (Å²) >= 11 is 6.15. The number of rotatable bonds is 9. The van der Waals surface area contributed by atoms with Gasteiger partial charge in [0.25, 0.3) is 0 Å². The molecule has 0 bridgehead atoms. The van der Waals surface area contributed by atoms with E-state index in [0.29, 0.717) is 5.56 Å². The van der Waals surface area contributed by atoms with Gasteiger partial charge < -0.3 is 5.32 Å². The number of nitrogens with one attached hydrogen (secondary N) is 1. The van der Waals surface area contributed by atoms with E-state index in [1.165, 1.54) is 11.1 Å². The summed E-state index contributed by atoms with van der Waals surface area (Å²) in [6.07, 6.45) is 4.66. The van der Waals surface area contributed by atoms with Gasteiger partial charge in [-0.05, 0) is 74.2 Å². The fourth-order valence-corrected chi connectivity index (χ4v) is 4.90. The van der Waals surface area contributed by atoms with Crippen LogP contribution >= 0.6 is 11.6 Å². The normalized spacial score (nSPS) is 14.1. The highest BCUT2D eigenvalue weighted by Crippen LogP contribution is 2.35. The minimum atomic E-state index is -0.321. The largest absolute Gasteiger partial charge is 0.305 e. The fourth-order valence-electron chi connectivity index (χ4n) is 4.77. The van der Waals surface area contributed by atoms with Gasteiger partial charge in [-0.2, -0.15) is 10.4 Å². The van der Waals surface area contributed by atoms with Crippen molar-refractivity contribution in [1.82, 2.24) is 15.1 Å². The van der Waals surface area contributed by atoms with Gasteiger partial charge in [-0.3, -0.25) is 4.68 Å². The molecule has 4 aromatic rings. The van der Waals surface area contributed by atoms with Crippen molar-refractivity contribution in [3.8, 4) is 6.07 Å². The maximum atomic E-state index is 9.52. The predicted molar refractivity (Wildman–Crippen MR) is 142 cm³/mol. The van der Waals surface area contributed by atoms with Crippen molar-refractivity contribution in [2.45, 2.75) is 50.7 Å². The molecule has 0 fully saturated rings. The second kappa shape index (κ2) is 10.9. The van der Waals surface area contributed by atoms with Crippen molar-refractivity contribution in [3.63, 3.8) is 0 Å². The Kier molecular flexibility index (Phi) is 7.70. The van der Waals surface area contributed by atoms with E-state index in [-0.39, 0.29) is 23.5 Å². The molecule has 0 saturated carbocycles. The van der Waals surface area contributed by atoms with E-state index < -0.39 is 0 Å². The summed E-state index contributed by atoms with van der Waals surface area (Å²) in [6.45, 7) is 6.65. The van der Waals surface area contributed by atoms with Gasteiger partial charge in [0.2, 0.25) is 0 Å². The van der Waals surface area contributed by atoms with Crippen LogP contribution < -0.4 is 5.32 Å². The van der Waals surface area contributed by atoms with Crippen molar-refractivity contribution in [2.75, 3.05) is 0 Å². The van der Waals surface area contributed by atoms with E-state index in [2.05, 4.69) is 79.7 Å². The van der Waals surface area contributed by atoms with Crippen LogP contribution in [-0.2, 0) is 12.0 Å². The molecule has 1 heterocycles. The van der Waals surface area contributed by atoms with E-state index in [1.807, 2.05) is 59.5 Å². The molecule has 0 radical (unpaired) electrons. The molecule has 0 aliphatic heterocycles. The molecule has 1 aromatic heterocycles. The molecule has 1 N–H and O–H groups in total. The first-order chi connectivity index (χ1) is 16.9. The van der Waals surface area contributed by atoms with Gasteiger partial charge in [-0.15, -0.1) is 0 Å². The number of hydrogen-bond donors (Lipinski definition) is 1. The van der Waals surface area contributed by atoms with Gasteiger partial charge in [0.05, 0.1) is 23.2 Å². The first kappa shape index (κ1) is 24.7. The van der Waals surface area contributed by atoms with Crippen LogP contribution in [0.5, 0.6) is 0 Å². The third-order valence-corrected chi connectivity index (χ3v) is 7.03. The number of halogens is 1. The van der Waals surface area contributed by atoms with Crippen LogP contribution in [0.1, 0.15) is 55.0 Å². The Hall–Kier alpha value is -3.39. The Morgan fingerprint density at radius 1 is 0.971 bits per heavy atom. The number of aromatic nitrogens is 2. The number of benzene rings is 3. The molecule has 35 heavy (non-hydrogen) atoms. The van der Waals surface area contributed by atoms with E-state index in [4.69, 9.17) is 11.6 Å². The smallest absolute Gasteiger partial charge is 0.0991 e. The lowest BCUT2D eigenvalue weighted by Gasteiger charge is -2.39. The quantitative estimate of drug-likeness (QED) is 0.282. The van der Waals surface area contributed by atoms with E-state index in [9.17, 15) is 5.26 Å². The van der Waals surface area contributed by atoms with E-state index in [1.54, 1.807) is 0 Å². The monoisotopic (exact) mass is 482 g/mol. The molecule has 0 aliphatic carbocycles. The van der Waals surface area contributed by atoms with Gasteiger partial charge in [0, 0.05) is 29.4 Å². The van der Waals surface area contributed by atoms with Crippen molar-refractivity contribution in [1.29, 1.82) is 5.26 Å². The average Bonchev–Trinajstić information content (AvgIpc) is 3.43. The van der Waals surface area contributed by atoms with Gasteiger partial charge in [-0.1, -0.05) is 66.2 Å². The third-order valence-electron chi connectivity index (χ3n) is 6.78. The number of nitriles is 1. The van der Waals surface area contributed by atoms with Crippen molar-refractivity contribution in [3.05, 3.63) is 125 Å². The molecular weight excluding hydrogens is 452 g/mol. The van der Waals surface area contributed by atoms with Crippen molar-refractivity contribution >= 4 is 11.6 Å². The number of nitrogens with zero attached hydrogens (tertiary/aromatic N) is 3. The molecule has 2 unspecified atom stereocenters. The highest BCUT2D eigenvalue weighted by molar-refractivity contribution is 6.30. The molecule has 0 saturated heterocycles. The van der Waals surface area contributed by atoms with Gasteiger partial charge >= 0.3 is 0 Å². The van der Waals surface area contributed by atoms with Gasteiger partial charge in [-0.25, -0.2) is 0 Å². The SMILES string of the molecule is CC(N[C@@H](c1ccccc1)C(C)(C)n1cccn1)C(Cc1ccc(Cl)cc1)c1cccc(C#N)c1. The number of hydrogen-bond acceptors (Lipinski definition) is 3. The molecule has 178 valence electrons. The van der Waals surface area contributed by atoms with E-state index in [0.717, 1.165) is 17.0 Å². The van der Waals surface area contributed by atoms with Gasteiger partial charge in [0.15, 0.2) is 0 Å². The summed E-state index contributed by atoms with van der Waals surface area (Å²) < 4.78 is 2.02. The summed E-state index contributed by atoms with van der Waals surface area (Å²) in [4.78, 5) is 0. The van der Waals surface area contributed by atoms with Crippen LogP contribution in [-0.4, -0.2) is 15.8 Å². The summed E-state index contributed by atoms with van der Waals surface area (Å²) in [5, 5.41) is 18.8. The van der Waals surface area contributed by atoms with Gasteiger partial charge in [0.1, 0.15) is 0 Å². The summed E-state index contributed by atoms with van der Waals surface area (Å²) in [7, 11) is 0. The van der Waals surface area contributed by atoms with E-state index >= 15 is 0 Å². The molecule has 3 aromatic carbocycles. The Morgan fingerprint density at radius 2 is 1.69 bits per heavy atom. The second-order valence-electron chi connectivity index (χ2n) is 9.58. The molecule has 3 atom stereocenters. The molecular formula is C30H31ClN4. The maximum Gasteiger partial charge on any atom is 0.0991 e. The Morgan fingerprint density at radius 3 is 2.34 bits per heavy atom. The van der Waals surface area contributed by atoms with Crippen LogP contribution in [0.2, 0.25) is 5.02 Å². The molecule has 0 aliphatic rings. The Bertz CT molecular complexity index is 1260. The standard InChI is InChI=1S/C30H31ClN4/c1-22(34-29(25-10-5-4-6-11-25)30(2,3)35-18-8-17-33-35)28(20-23-13-15-27(31)16-14-23)26-12-7-9-24(19-26)21-32/h4-19,22,28-29,34H,20H2,1-3H3/t22?,28?,29-/m0/s1. The van der Waals surface area contributed by atoms with Crippen LogP contribution in [0.15, 0.2) is 97.3 Å². The Labute approximate surface area is 213 Å². The molecule has 0 spiro atoms. The van der Waals surface area contributed by atoms with Crippen LogP contribution in [0.4, 0.5) is 0 Å². The zero-order valence-corrected chi connectivity index (χ0v) is 21.2. The summed E-state index contributed by atoms with van der Waals surface area (Å²) in [5.41, 5.74) is 3.90. The molecule has 0 amide bonds. The van der Waals surface area contributed by atoms with Crippen LogP contribution in [0, 0.1) is 11.3 Å². The third kappa shape index (κ3) is 5.82. The maximum absolute atomic E-state index is 9.52. The lowest BCUT2D eigenvalue weighted by atomic mass is 9.83. The minimum Gasteiger partial charge on any atom is -0.305 e. The lowest BCUT2D eigenvalue weighted by molar-refractivity contribution is 0.201. The highest BCUT2D eigenvalue weighted by atomic mass is 35.5. The average molecular weight is 483 g/mol. The van der Waals surface area contributed by atoms with Crippen LogP contribution in [0.25, 0.3) is 0 Å². The molecule has 5 heteroatoms. The molecule has 4 rings (SSSR count). The zero-order chi connectivity index (χ0) is 24.8. The first-order valence-electron chi connectivity index (χ1n) is 11.9. The van der Waals surface area contributed by atoms with Crippen molar-refractivity contribution in [2.24, 2.45) is 0 Å². The van der Waals surface area contributed by atoms with Crippen molar-refractivity contribution < 1.29 is 0 Å². The predicted octanol–water partition coefficient (Wildman–Crippen LogP) is 6.89. The first-order valence-corrected chi connectivity index (χ1v) is 12.3. The highest BCUT2D eigenvalue weighted by Gasteiger charge is 2.35.